The van der Waals surface area contributed by atoms with Gasteiger partial charge in [0.2, 0.25) is 0 Å². The molecule has 0 amide bonds. The fourth-order valence-corrected chi connectivity index (χ4v) is 3.20. The van der Waals surface area contributed by atoms with Crippen LogP contribution in [0.3, 0.4) is 0 Å². The first-order valence-electron chi connectivity index (χ1n) is 9.72. The van der Waals surface area contributed by atoms with Gasteiger partial charge in [0.1, 0.15) is 0 Å². The van der Waals surface area contributed by atoms with E-state index in [2.05, 4.69) is 9.97 Å². The smallest absolute Gasteiger partial charge is 0.335 e. The van der Waals surface area contributed by atoms with E-state index in [-0.39, 0.29) is 16.7 Å². The molecule has 3 aromatic carbocycles. The lowest BCUT2D eigenvalue weighted by Crippen LogP contribution is -1.99. The highest BCUT2D eigenvalue weighted by molar-refractivity contribution is 5.89. The van der Waals surface area contributed by atoms with Crippen LogP contribution in [-0.4, -0.2) is 43.2 Å². The molecule has 0 unspecified atom stereocenters. The largest absolute Gasteiger partial charge is 0.478 e. The normalized spacial score (nSPS) is 10.5. The predicted octanol–water partition coefficient (Wildman–Crippen LogP) is 4.57. The molecule has 33 heavy (non-hydrogen) atoms. The monoisotopic (exact) mass is 440 g/mol. The number of rotatable bonds is 6. The molecule has 0 saturated heterocycles. The summed E-state index contributed by atoms with van der Waals surface area (Å²) in [7, 11) is 0. The molecule has 4 aromatic rings. The highest BCUT2D eigenvalue weighted by Gasteiger charge is 2.13. The first-order chi connectivity index (χ1) is 15.8. The van der Waals surface area contributed by atoms with Crippen molar-refractivity contribution in [2.24, 2.45) is 0 Å². The van der Waals surface area contributed by atoms with Gasteiger partial charge in [-0.25, -0.2) is 24.4 Å². The van der Waals surface area contributed by atoms with E-state index in [9.17, 15) is 14.4 Å². The second-order valence-electron chi connectivity index (χ2n) is 7.11. The minimum absolute atomic E-state index is 0.128. The maximum atomic E-state index is 11.2. The van der Waals surface area contributed by atoms with Crippen LogP contribution in [0.15, 0.2) is 78.9 Å². The van der Waals surface area contributed by atoms with Crippen LogP contribution < -0.4 is 0 Å². The maximum absolute atomic E-state index is 11.2. The Bertz CT molecular complexity index is 1180. The summed E-state index contributed by atoms with van der Waals surface area (Å²) in [6.07, 6.45) is 0. The summed E-state index contributed by atoms with van der Waals surface area (Å²) in [5, 5.41) is 27.4. The summed E-state index contributed by atoms with van der Waals surface area (Å²) in [4.78, 5) is 42.7. The van der Waals surface area contributed by atoms with Crippen molar-refractivity contribution < 1.29 is 29.7 Å². The van der Waals surface area contributed by atoms with Crippen molar-refractivity contribution >= 4 is 17.9 Å². The van der Waals surface area contributed by atoms with Crippen molar-refractivity contribution in [1.82, 2.24) is 9.97 Å². The van der Waals surface area contributed by atoms with Crippen LogP contribution >= 0.6 is 0 Å². The lowest BCUT2D eigenvalue weighted by Gasteiger charge is -2.10. The number of hydrogen-bond acceptors (Lipinski definition) is 5. The third-order valence-electron chi connectivity index (χ3n) is 4.97. The van der Waals surface area contributed by atoms with Gasteiger partial charge in [-0.15, -0.1) is 0 Å². The molecule has 0 saturated carbocycles. The molecule has 4 rings (SSSR count). The summed E-state index contributed by atoms with van der Waals surface area (Å²) in [5.74, 6) is -2.79. The first kappa shape index (κ1) is 21.4. The van der Waals surface area contributed by atoms with E-state index in [1.807, 2.05) is 0 Å². The summed E-state index contributed by atoms with van der Waals surface area (Å²) in [5.41, 5.74) is 3.37. The first-order valence-corrected chi connectivity index (χ1v) is 9.72. The third-order valence-corrected chi connectivity index (χ3v) is 4.97. The fraction of sp³-hybridized carbons (Fsp3) is 0. The average Bonchev–Trinajstić information content (AvgIpc) is 2.84. The molecule has 162 valence electrons. The fourth-order valence-electron chi connectivity index (χ4n) is 3.20. The Morgan fingerprint density at radius 2 is 0.788 bits per heavy atom. The summed E-state index contributed by atoms with van der Waals surface area (Å²) >= 11 is 0. The molecule has 0 aliphatic heterocycles. The van der Waals surface area contributed by atoms with E-state index in [1.165, 1.54) is 36.4 Å². The number of aromatic carboxylic acids is 3. The molecule has 0 spiro atoms. The summed E-state index contributed by atoms with van der Waals surface area (Å²) in [6.45, 7) is 0. The highest BCUT2D eigenvalue weighted by atomic mass is 16.4. The van der Waals surface area contributed by atoms with Crippen LogP contribution in [0.5, 0.6) is 0 Å². The van der Waals surface area contributed by atoms with Gasteiger partial charge in [-0.2, -0.15) is 0 Å². The predicted molar refractivity (Wildman–Crippen MR) is 119 cm³/mol. The molecular weight excluding hydrogens is 424 g/mol. The van der Waals surface area contributed by atoms with Gasteiger partial charge < -0.3 is 15.3 Å². The zero-order valence-corrected chi connectivity index (χ0v) is 17.0. The van der Waals surface area contributed by atoms with Crippen LogP contribution in [-0.2, 0) is 0 Å². The molecule has 8 nitrogen and oxygen atoms in total. The molecule has 0 aliphatic carbocycles. The van der Waals surface area contributed by atoms with Crippen LogP contribution in [0.4, 0.5) is 0 Å². The van der Waals surface area contributed by atoms with Gasteiger partial charge in [-0.3, -0.25) is 0 Å². The van der Waals surface area contributed by atoms with Crippen LogP contribution in [0.1, 0.15) is 31.1 Å². The van der Waals surface area contributed by atoms with Crippen molar-refractivity contribution in [2.75, 3.05) is 0 Å². The second kappa shape index (κ2) is 8.72. The quantitative estimate of drug-likeness (QED) is 0.396. The number of aromatic nitrogens is 2. The minimum atomic E-state index is -1.05. The Kier molecular flexibility index (Phi) is 5.65. The molecule has 0 atom stereocenters. The highest BCUT2D eigenvalue weighted by Crippen LogP contribution is 2.28. The summed E-state index contributed by atoms with van der Waals surface area (Å²) in [6, 6.07) is 20.3. The second-order valence-corrected chi connectivity index (χ2v) is 7.11. The van der Waals surface area contributed by atoms with E-state index in [0.29, 0.717) is 33.9 Å². The van der Waals surface area contributed by atoms with Gasteiger partial charge in [0.25, 0.3) is 0 Å². The Morgan fingerprint density at radius 3 is 1.09 bits per heavy atom. The van der Waals surface area contributed by atoms with Gasteiger partial charge in [0, 0.05) is 16.7 Å². The lowest BCUT2D eigenvalue weighted by atomic mass is 10.0. The number of carboxylic acids is 3. The molecular formula is C25H16N2O6. The number of hydrogen-bond donors (Lipinski definition) is 3. The zero-order chi connectivity index (χ0) is 23.5. The maximum Gasteiger partial charge on any atom is 0.335 e. The Morgan fingerprint density at radius 1 is 0.485 bits per heavy atom. The van der Waals surface area contributed by atoms with Crippen molar-refractivity contribution in [1.29, 1.82) is 0 Å². The lowest BCUT2D eigenvalue weighted by molar-refractivity contribution is 0.0686. The molecule has 3 N–H and O–H groups in total. The van der Waals surface area contributed by atoms with Crippen molar-refractivity contribution in [3.63, 3.8) is 0 Å². The van der Waals surface area contributed by atoms with E-state index < -0.39 is 17.9 Å². The van der Waals surface area contributed by atoms with E-state index >= 15 is 0 Å². The third kappa shape index (κ3) is 4.59. The summed E-state index contributed by atoms with van der Waals surface area (Å²) < 4.78 is 0. The topological polar surface area (TPSA) is 138 Å². The molecule has 1 aromatic heterocycles. The van der Waals surface area contributed by atoms with Gasteiger partial charge in [0.15, 0.2) is 5.82 Å². The van der Waals surface area contributed by atoms with Gasteiger partial charge >= 0.3 is 17.9 Å². The molecule has 8 heteroatoms. The van der Waals surface area contributed by atoms with Crippen molar-refractivity contribution in [3.05, 3.63) is 95.6 Å². The molecule has 1 heterocycles. The number of carboxylic acid groups (broad SMARTS) is 3. The van der Waals surface area contributed by atoms with Crippen LogP contribution in [0.2, 0.25) is 0 Å². The Hall–Kier alpha value is -4.85. The van der Waals surface area contributed by atoms with E-state index in [4.69, 9.17) is 15.3 Å². The molecule has 0 aliphatic rings. The minimum Gasteiger partial charge on any atom is -0.478 e. The van der Waals surface area contributed by atoms with E-state index in [1.54, 1.807) is 42.5 Å². The van der Waals surface area contributed by atoms with Gasteiger partial charge in [-0.1, -0.05) is 36.4 Å². The van der Waals surface area contributed by atoms with Crippen molar-refractivity contribution in [3.8, 4) is 33.9 Å². The number of nitrogens with zero attached hydrogens (tertiary/aromatic N) is 2. The van der Waals surface area contributed by atoms with Crippen LogP contribution in [0, 0.1) is 0 Å². The standard InChI is InChI=1S/C25H16N2O6/c28-23(29)17-7-1-14(2-8-17)20-13-21(15-3-9-18(10-4-15)24(30)31)27-22(26-20)16-5-11-19(12-6-16)25(32)33/h1-13H,(H,28,29)(H,30,31)(H,32,33). The van der Waals surface area contributed by atoms with Gasteiger partial charge in [0.05, 0.1) is 28.1 Å². The SMILES string of the molecule is O=C(O)c1ccc(-c2cc(-c3ccc(C(=O)O)cc3)nc(-c3ccc(C(=O)O)cc3)n2)cc1. The van der Waals surface area contributed by atoms with Gasteiger partial charge in [-0.05, 0) is 42.5 Å². The van der Waals surface area contributed by atoms with Crippen molar-refractivity contribution in [2.45, 2.75) is 0 Å². The van der Waals surface area contributed by atoms with E-state index in [0.717, 1.165) is 0 Å². The molecule has 0 bridgehead atoms. The Balaban J connectivity index is 1.84. The number of carbonyl (C=O) groups is 3. The average molecular weight is 440 g/mol. The molecule has 0 fully saturated rings. The molecule has 0 radical (unpaired) electrons. The Labute approximate surface area is 187 Å². The zero-order valence-electron chi connectivity index (χ0n) is 17.0. The van der Waals surface area contributed by atoms with Crippen LogP contribution in [0.25, 0.3) is 33.9 Å². The number of benzene rings is 3.